The third kappa shape index (κ3) is 4.81. The zero-order chi connectivity index (χ0) is 23.4. The smallest absolute Gasteiger partial charge is 0.294 e. The lowest BCUT2D eigenvalue weighted by atomic mass is 9.96. The van der Waals surface area contributed by atoms with Gasteiger partial charge in [0, 0.05) is 16.8 Å². The first-order chi connectivity index (χ1) is 16.0. The van der Waals surface area contributed by atoms with Crippen LogP contribution in [-0.4, -0.2) is 38.3 Å². The molecule has 4 aromatic rings. The monoisotopic (exact) mass is 463 g/mol. The number of aromatic nitrogens is 4. The number of hydrogen-bond acceptors (Lipinski definition) is 9. The molecule has 0 saturated carbocycles. The third-order valence-corrected chi connectivity index (χ3v) is 5.61. The SMILES string of the molecule is COc1ccccc1-c1cc(C)nc(-c2nnc(OCc3cccc(CO)n3)s2)c1C(N)=O. The number of nitrogens with zero attached hydrogens (tertiary/aromatic N) is 4. The molecule has 0 atom stereocenters. The van der Waals surface area contributed by atoms with E-state index in [-0.39, 0.29) is 18.8 Å². The maximum atomic E-state index is 12.5. The van der Waals surface area contributed by atoms with Crippen molar-refractivity contribution in [2.75, 3.05) is 7.11 Å². The number of aryl methyl sites for hydroxylation is 1. The molecular weight excluding hydrogens is 442 g/mol. The van der Waals surface area contributed by atoms with Crippen LogP contribution in [0.5, 0.6) is 10.9 Å². The molecule has 33 heavy (non-hydrogen) atoms. The number of pyridine rings is 2. The fraction of sp³-hybridized carbons (Fsp3) is 0.174. The van der Waals surface area contributed by atoms with Crippen molar-refractivity contribution in [1.29, 1.82) is 0 Å². The lowest BCUT2D eigenvalue weighted by Crippen LogP contribution is -2.15. The average molecular weight is 464 g/mol. The second-order valence-electron chi connectivity index (χ2n) is 7.04. The molecule has 3 N–H and O–H groups in total. The summed E-state index contributed by atoms with van der Waals surface area (Å²) in [5, 5.41) is 18.2. The molecule has 4 rings (SSSR count). The molecule has 0 saturated heterocycles. The Morgan fingerprint density at radius 3 is 2.61 bits per heavy atom. The number of aliphatic hydroxyl groups is 1. The Kier molecular flexibility index (Phi) is 6.57. The highest BCUT2D eigenvalue weighted by molar-refractivity contribution is 7.16. The molecule has 168 valence electrons. The number of ether oxygens (including phenoxy) is 2. The van der Waals surface area contributed by atoms with E-state index in [2.05, 4.69) is 20.2 Å². The first kappa shape index (κ1) is 22.3. The standard InChI is InChI=1S/C23H21N5O4S/c1-13-10-17(16-8-3-4-9-18(16)31-2)19(21(24)30)20(25-13)22-27-28-23(33-22)32-12-15-7-5-6-14(11-29)26-15/h3-10,29H,11-12H2,1-2H3,(H2,24,30). The van der Waals surface area contributed by atoms with Crippen molar-refractivity contribution in [2.24, 2.45) is 5.73 Å². The molecule has 3 heterocycles. The second kappa shape index (κ2) is 9.72. The maximum Gasteiger partial charge on any atom is 0.294 e. The molecule has 0 radical (unpaired) electrons. The van der Waals surface area contributed by atoms with Crippen LogP contribution >= 0.6 is 11.3 Å². The van der Waals surface area contributed by atoms with Crippen LogP contribution in [0.2, 0.25) is 0 Å². The van der Waals surface area contributed by atoms with Gasteiger partial charge in [-0.05, 0) is 31.2 Å². The molecule has 0 unspecified atom stereocenters. The van der Waals surface area contributed by atoms with Crippen LogP contribution in [0.4, 0.5) is 0 Å². The van der Waals surface area contributed by atoms with Gasteiger partial charge in [0.25, 0.3) is 11.1 Å². The van der Waals surface area contributed by atoms with Crippen LogP contribution in [-0.2, 0) is 13.2 Å². The van der Waals surface area contributed by atoms with Crippen molar-refractivity contribution in [3.63, 3.8) is 0 Å². The fourth-order valence-electron chi connectivity index (χ4n) is 3.35. The van der Waals surface area contributed by atoms with E-state index in [9.17, 15) is 9.90 Å². The molecule has 0 aliphatic heterocycles. The Bertz CT molecular complexity index is 1310. The van der Waals surface area contributed by atoms with Gasteiger partial charge in [0.1, 0.15) is 18.1 Å². The van der Waals surface area contributed by atoms with Crippen LogP contribution < -0.4 is 15.2 Å². The van der Waals surface area contributed by atoms with Crippen LogP contribution in [0.3, 0.4) is 0 Å². The minimum Gasteiger partial charge on any atom is -0.496 e. The topological polar surface area (TPSA) is 133 Å². The number of para-hydroxylation sites is 1. The summed E-state index contributed by atoms with van der Waals surface area (Å²) in [7, 11) is 1.57. The summed E-state index contributed by atoms with van der Waals surface area (Å²) >= 11 is 1.15. The molecule has 1 amide bonds. The summed E-state index contributed by atoms with van der Waals surface area (Å²) in [5.74, 6) is -0.0310. The van der Waals surface area contributed by atoms with E-state index in [0.717, 1.165) is 16.9 Å². The fourth-order valence-corrected chi connectivity index (χ4v) is 4.05. The van der Waals surface area contributed by atoms with Gasteiger partial charge in [0.15, 0.2) is 5.01 Å². The molecule has 1 aromatic carbocycles. The summed E-state index contributed by atoms with van der Waals surface area (Å²) in [6.07, 6.45) is 0. The van der Waals surface area contributed by atoms with E-state index < -0.39 is 5.91 Å². The number of carbonyl (C=O) groups excluding carboxylic acids is 1. The average Bonchev–Trinajstić information content (AvgIpc) is 3.31. The number of benzene rings is 1. The number of rotatable bonds is 8. The number of aliphatic hydroxyl groups excluding tert-OH is 1. The highest BCUT2D eigenvalue weighted by Gasteiger charge is 2.23. The number of carbonyl (C=O) groups is 1. The molecule has 0 aliphatic carbocycles. The van der Waals surface area contributed by atoms with Gasteiger partial charge in [-0.2, -0.15) is 0 Å². The summed E-state index contributed by atoms with van der Waals surface area (Å²) in [6, 6.07) is 14.5. The maximum absolute atomic E-state index is 12.5. The van der Waals surface area contributed by atoms with E-state index in [1.54, 1.807) is 31.4 Å². The van der Waals surface area contributed by atoms with Gasteiger partial charge in [-0.25, -0.2) is 4.98 Å². The number of nitrogens with two attached hydrogens (primary N) is 1. The quantitative estimate of drug-likeness (QED) is 0.407. The number of primary amides is 1. The molecule has 3 aromatic heterocycles. The molecule has 10 heteroatoms. The van der Waals surface area contributed by atoms with Crippen molar-refractivity contribution < 1.29 is 19.4 Å². The summed E-state index contributed by atoms with van der Waals surface area (Å²) in [4.78, 5) is 21.3. The lowest BCUT2D eigenvalue weighted by Gasteiger charge is -2.14. The summed E-state index contributed by atoms with van der Waals surface area (Å²) in [5.41, 5.74) is 9.53. The van der Waals surface area contributed by atoms with Gasteiger partial charge in [-0.1, -0.05) is 40.7 Å². The van der Waals surface area contributed by atoms with Crippen molar-refractivity contribution >= 4 is 17.2 Å². The van der Waals surface area contributed by atoms with Gasteiger partial charge in [0.05, 0.1) is 30.7 Å². The van der Waals surface area contributed by atoms with E-state index in [1.165, 1.54) is 0 Å². The Labute approximate surface area is 193 Å². The third-order valence-electron chi connectivity index (χ3n) is 4.77. The molecule has 0 fully saturated rings. The highest BCUT2D eigenvalue weighted by atomic mass is 32.1. The number of methoxy groups -OCH3 is 1. The van der Waals surface area contributed by atoms with E-state index >= 15 is 0 Å². The zero-order valence-electron chi connectivity index (χ0n) is 18.0. The van der Waals surface area contributed by atoms with Gasteiger partial charge >= 0.3 is 0 Å². The first-order valence-corrected chi connectivity index (χ1v) is 10.8. The second-order valence-corrected chi connectivity index (χ2v) is 7.98. The van der Waals surface area contributed by atoms with Crippen molar-refractivity contribution in [3.8, 4) is 32.8 Å². The van der Waals surface area contributed by atoms with E-state index in [4.69, 9.17) is 15.2 Å². The van der Waals surface area contributed by atoms with Gasteiger partial charge in [-0.3, -0.25) is 9.78 Å². The van der Waals surface area contributed by atoms with E-state index in [0.29, 0.717) is 44.3 Å². The minimum absolute atomic E-state index is 0.152. The minimum atomic E-state index is -0.638. The number of hydrogen-bond donors (Lipinski definition) is 2. The van der Waals surface area contributed by atoms with Crippen LogP contribution in [0.1, 0.15) is 27.4 Å². The largest absolute Gasteiger partial charge is 0.496 e. The first-order valence-electron chi connectivity index (χ1n) is 9.97. The normalized spacial score (nSPS) is 10.8. The zero-order valence-corrected chi connectivity index (χ0v) is 18.8. The predicted molar refractivity (Wildman–Crippen MR) is 123 cm³/mol. The molecule has 0 spiro atoms. The molecule has 9 nitrogen and oxygen atoms in total. The van der Waals surface area contributed by atoms with Gasteiger partial charge in [0.2, 0.25) is 0 Å². The summed E-state index contributed by atoms with van der Waals surface area (Å²) < 4.78 is 11.2. The Morgan fingerprint density at radius 2 is 1.85 bits per heavy atom. The molecule has 0 bridgehead atoms. The van der Waals surface area contributed by atoms with Gasteiger partial charge in [-0.15, -0.1) is 5.10 Å². The summed E-state index contributed by atoms with van der Waals surface area (Å²) in [6.45, 7) is 1.82. The molecular formula is C23H21N5O4S. The molecule has 0 aliphatic rings. The van der Waals surface area contributed by atoms with E-state index in [1.807, 2.05) is 31.2 Å². The number of amides is 1. The van der Waals surface area contributed by atoms with Crippen molar-refractivity contribution in [1.82, 2.24) is 20.2 Å². The van der Waals surface area contributed by atoms with Gasteiger partial charge < -0.3 is 20.3 Å². The van der Waals surface area contributed by atoms with Crippen LogP contribution in [0, 0.1) is 6.92 Å². The Hall–Kier alpha value is -3.89. The highest BCUT2D eigenvalue weighted by Crippen LogP contribution is 2.38. The van der Waals surface area contributed by atoms with Crippen LogP contribution in [0.25, 0.3) is 21.8 Å². The van der Waals surface area contributed by atoms with Crippen molar-refractivity contribution in [2.45, 2.75) is 20.1 Å². The Morgan fingerprint density at radius 1 is 1.06 bits per heavy atom. The van der Waals surface area contributed by atoms with Crippen molar-refractivity contribution in [3.05, 3.63) is 71.2 Å². The Balaban J connectivity index is 1.70. The lowest BCUT2D eigenvalue weighted by molar-refractivity contribution is 0.100. The predicted octanol–water partition coefficient (Wildman–Crippen LogP) is 3.15. The van der Waals surface area contributed by atoms with Crippen LogP contribution in [0.15, 0.2) is 48.5 Å².